The van der Waals surface area contributed by atoms with Crippen molar-refractivity contribution in [2.24, 2.45) is 5.92 Å². The molecule has 0 N–H and O–H groups in total. The number of hydrogen-bond acceptors (Lipinski definition) is 5. The lowest BCUT2D eigenvalue weighted by molar-refractivity contribution is 0.0721. The molecule has 0 radical (unpaired) electrons. The highest BCUT2D eigenvalue weighted by Gasteiger charge is 2.47. The highest BCUT2D eigenvalue weighted by molar-refractivity contribution is 7.99. The number of fused-ring (bicyclic) bond motifs is 2. The maximum Gasteiger partial charge on any atom is 0.261 e. The van der Waals surface area contributed by atoms with E-state index in [1.54, 1.807) is 12.1 Å². The first-order valence-electron chi connectivity index (χ1n) is 7.17. The second-order valence-electron chi connectivity index (χ2n) is 5.86. The van der Waals surface area contributed by atoms with Gasteiger partial charge in [0.25, 0.3) is 5.88 Å². The second-order valence-corrected chi connectivity index (χ2v) is 7.45. The molecule has 0 atom stereocenters. The third kappa shape index (κ3) is 3.09. The molecule has 2 aliphatic carbocycles. The zero-order valence-electron chi connectivity index (χ0n) is 11.8. The molecule has 2 aromatic rings. The zero-order valence-corrected chi connectivity index (χ0v) is 14.3. The van der Waals surface area contributed by atoms with E-state index in [2.05, 4.69) is 8.75 Å². The highest BCUT2D eigenvalue weighted by Crippen LogP contribution is 2.50. The van der Waals surface area contributed by atoms with Gasteiger partial charge in [0, 0.05) is 4.90 Å². The fourth-order valence-corrected chi connectivity index (χ4v) is 4.77. The van der Waals surface area contributed by atoms with E-state index in [-0.39, 0.29) is 23.8 Å². The molecule has 22 heavy (non-hydrogen) atoms. The van der Waals surface area contributed by atoms with Crippen LogP contribution in [0.25, 0.3) is 0 Å². The molecule has 2 fully saturated rings. The largest absolute Gasteiger partial charge is 0.468 e. The predicted molar refractivity (Wildman–Crippen MR) is 87.6 cm³/mol. The van der Waals surface area contributed by atoms with E-state index in [0.717, 1.165) is 35.1 Å². The molecule has 0 amide bonds. The lowest BCUT2D eigenvalue weighted by Crippen LogP contribution is -2.30. The summed E-state index contributed by atoms with van der Waals surface area (Å²) in [6.45, 7) is 0. The molecule has 2 aliphatic rings. The van der Waals surface area contributed by atoms with Crippen molar-refractivity contribution in [3.05, 3.63) is 30.1 Å². The molecule has 3 nitrogen and oxygen atoms in total. The summed E-state index contributed by atoms with van der Waals surface area (Å²) in [6.07, 6.45) is 5.98. The van der Waals surface area contributed by atoms with E-state index in [1.165, 1.54) is 48.5 Å². The van der Waals surface area contributed by atoms with Gasteiger partial charge in [-0.1, -0.05) is 11.8 Å². The average molecular weight is 359 g/mol. The monoisotopic (exact) mass is 358 g/mol. The van der Waals surface area contributed by atoms with E-state index < -0.39 is 0 Å². The standard InChI is InChI=1S/C15H15FN2OS2.ClH/c16-11-1-3-12(4-2-11)20-14-13(17-21-18-14)19-15-7-5-10(9-15)6-8-15;/h1-4,10H,5-9H2;1H. The second kappa shape index (κ2) is 6.34. The van der Waals surface area contributed by atoms with Crippen LogP contribution in [0, 0.1) is 11.7 Å². The molecule has 0 spiro atoms. The van der Waals surface area contributed by atoms with Crippen molar-refractivity contribution in [1.82, 2.24) is 8.75 Å². The Labute approximate surface area is 143 Å². The van der Waals surface area contributed by atoms with Gasteiger partial charge in [-0.3, -0.25) is 0 Å². The molecule has 2 saturated carbocycles. The fraction of sp³-hybridized carbons (Fsp3) is 0.467. The summed E-state index contributed by atoms with van der Waals surface area (Å²) in [5.41, 5.74) is -0.00146. The van der Waals surface area contributed by atoms with Gasteiger partial charge in [-0.25, -0.2) is 4.39 Å². The quantitative estimate of drug-likeness (QED) is 0.773. The van der Waals surface area contributed by atoms with Gasteiger partial charge in [-0.05, 0) is 62.3 Å². The first-order valence-corrected chi connectivity index (χ1v) is 8.72. The van der Waals surface area contributed by atoms with Crippen molar-refractivity contribution in [1.29, 1.82) is 0 Å². The summed E-state index contributed by atoms with van der Waals surface area (Å²) in [7, 11) is 0. The lowest BCUT2D eigenvalue weighted by atomic mass is 9.97. The van der Waals surface area contributed by atoms with Gasteiger partial charge in [0.05, 0.1) is 11.7 Å². The fourth-order valence-electron chi connectivity index (χ4n) is 3.40. The van der Waals surface area contributed by atoms with Crippen LogP contribution in [-0.2, 0) is 0 Å². The number of aromatic nitrogens is 2. The summed E-state index contributed by atoms with van der Waals surface area (Å²) in [5, 5.41) is 0.788. The van der Waals surface area contributed by atoms with Gasteiger partial charge in [0.15, 0.2) is 5.03 Å². The molecule has 2 bridgehead atoms. The molecular formula is C15H16ClFN2OS2. The number of nitrogens with zero attached hydrogens (tertiary/aromatic N) is 2. The number of rotatable bonds is 4. The molecule has 1 aromatic carbocycles. The van der Waals surface area contributed by atoms with Gasteiger partial charge < -0.3 is 4.74 Å². The lowest BCUT2D eigenvalue weighted by Gasteiger charge is -2.26. The predicted octanol–water partition coefficient (Wildman–Crippen LogP) is 4.96. The van der Waals surface area contributed by atoms with Gasteiger partial charge in [-0.2, -0.15) is 4.37 Å². The van der Waals surface area contributed by atoms with Crippen LogP contribution in [0.2, 0.25) is 0 Å². The normalized spacial score (nSPS) is 26.0. The molecule has 0 saturated heterocycles. The van der Waals surface area contributed by atoms with Crippen molar-refractivity contribution < 1.29 is 9.13 Å². The van der Waals surface area contributed by atoms with Crippen molar-refractivity contribution >= 4 is 35.9 Å². The van der Waals surface area contributed by atoms with Gasteiger partial charge in [0.2, 0.25) is 0 Å². The molecule has 1 aromatic heterocycles. The Balaban J connectivity index is 0.00000144. The Bertz CT molecular complexity index is 641. The van der Waals surface area contributed by atoms with Gasteiger partial charge >= 0.3 is 0 Å². The molecule has 118 valence electrons. The summed E-state index contributed by atoms with van der Waals surface area (Å²) in [4.78, 5) is 0.946. The smallest absolute Gasteiger partial charge is 0.261 e. The van der Waals surface area contributed by atoms with Crippen LogP contribution < -0.4 is 4.74 Å². The SMILES string of the molecule is Cl.Fc1ccc(Sc2nsnc2OC23CCC(CC2)C3)cc1. The minimum Gasteiger partial charge on any atom is -0.468 e. The number of ether oxygens (including phenoxy) is 1. The Hall–Kier alpha value is -0.850. The maximum atomic E-state index is 13.0. The van der Waals surface area contributed by atoms with Crippen molar-refractivity contribution in [2.45, 2.75) is 47.6 Å². The van der Waals surface area contributed by atoms with E-state index in [1.807, 2.05) is 0 Å². The van der Waals surface area contributed by atoms with Crippen LogP contribution in [0.5, 0.6) is 5.88 Å². The van der Waals surface area contributed by atoms with E-state index in [0.29, 0.717) is 5.88 Å². The van der Waals surface area contributed by atoms with Crippen molar-refractivity contribution in [3.8, 4) is 5.88 Å². The van der Waals surface area contributed by atoms with Gasteiger partial charge in [0.1, 0.15) is 11.4 Å². The number of halogens is 2. The Morgan fingerprint density at radius 3 is 2.55 bits per heavy atom. The van der Waals surface area contributed by atoms with Crippen LogP contribution in [-0.4, -0.2) is 14.3 Å². The highest BCUT2D eigenvalue weighted by atomic mass is 35.5. The molecule has 0 unspecified atom stereocenters. The zero-order chi connectivity index (χ0) is 14.3. The van der Waals surface area contributed by atoms with Crippen LogP contribution in [0.4, 0.5) is 4.39 Å². The minimum atomic E-state index is -0.228. The first kappa shape index (κ1) is 16.0. The van der Waals surface area contributed by atoms with Gasteiger partial charge in [-0.15, -0.1) is 16.8 Å². The van der Waals surface area contributed by atoms with Crippen LogP contribution in [0.1, 0.15) is 32.1 Å². The molecule has 1 heterocycles. The molecule has 0 aliphatic heterocycles. The van der Waals surface area contributed by atoms with Crippen molar-refractivity contribution in [2.75, 3.05) is 0 Å². The maximum absolute atomic E-state index is 13.0. The molecule has 4 rings (SSSR count). The van der Waals surface area contributed by atoms with Crippen LogP contribution in [0.3, 0.4) is 0 Å². The summed E-state index contributed by atoms with van der Waals surface area (Å²) in [6, 6.07) is 6.42. The Morgan fingerprint density at radius 1 is 1.18 bits per heavy atom. The van der Waals surface area contributed by atoms with Crippen LogP contribution >= 0.6 is 35.9 Å². The third-order valence-corrected chi connectivity index (χ3v) is 6.04. The van der Waals surface area contributed by atoms with Crippen molar-refractivity contribution in [3.63, 3.8) is 0 Å². The number of hydrogen-bond donors (Lipinski definition) is 0. The summed E-state index contributed by atoms with van der Waals surface area (Å²) < 4.78 is 27.9. The van der Waals surface area contributed by atoms with Crippen LogP contribution in [0.15, 0.2) is 34.2 Å². The molecule has 7 heteroatoms. The number of benzene rings is 1. The summed E-state index contributed by atoms with van der Waals surface area (Å²) >= 11 is 2.66. The van der Waals surface area contributed by atoms with E-state index >= 15 is 0 Å². The third-order valence-electron chi connectivity index (χ3n) is 4.45. The average Bonchev–Trinajstić information content (AvgIpc) is 3.19. The Morgan fingerprint density at radius 2 is 1.91 bits per heavy atom. The topological polar surface area (TPSA) is 35.0 Å². The Kier molecular flexibility index (Phi) is 4.61. The summed E-state index contributed by atoms with van der Waals surface area (Å²) in [5.74, 6) is 1.26. The van der Waals surface area contributed by atoms with E-state index in [4.69, 9.17) is 4.74 Å². The van der Waals surface area contributed by atoms with E-state index in [9.17, 15) is 4.39 Å². The first-order chi connectivity index (χ1) is 10.2. The minimum absolute atomic E-state index is 0. The molecular weight excluding hydrogens is 343 g/mol.